The lowest BCUT2D eigenvalue weighted by Gasteiger charge is -2.41. The number of aliphatic hydroxyl groups is 1. The summed E-state index contributed by atoms with van der Waals surface area (Å²) < 4.78 is 0. The number of urea groups is 1. The molecule has 124 valence electrons. The fourth-order valence-corrected chi connectivity index (χ4v) is 2.81. The average molecular weight is 299 g/mol. The van der Waals surface area contributed by atoms with Crippen LogP contribution >= 0.6 is 0 Å². The van der Waals surface area contributed by atoms with Crippen LogP contribution in [-0.4, -0.2) is 53.9 Å². The van der Waals surface area contributed by atoms with Crippen LogP contribution in [0, 0.1) is 5.92 Å². The Labute approximate surface area is 129 Å². The molecular formula is C16H33N3O2. The van der Waals surface area contributed by atoms with E-state index in [2.05, 4.69) is 43.2 Å². The Morgan fingerprint density at radius 2 is 1.81 bits per heavy atom. The van der Waals surface area contributed by atoms with Gasteiger partial charge < -0.3 is 15.7 Å². The zero-order chi connectivity index (χ0) is 15.9. The van der Waals surface area contributed by atoms with Crippen LogP contribution < -0.4 is 10.6 Å². The molecule has 0 saturated carbocycles. The van der Waals surface area contributed by atoms with Gasteiger partial charge in [-0.25, -0.2) is 4.79 Å². The molecule has 0 radical (unpaired) electrons. The van der Waals surface area contributed by atoms with Gasteiger partial charge in [-0.3, -0.25) is 4.90 Å². The second-order valence-electron chi connectivity index (χ2n) is 7.21. The largest absolute Gasteiger partial charge is 0.391 e. The molecule has 5 heteroatoms. The molecule has 1 heterocycles. The molecule has 0 bridgehead atoms. The molecule has 1 fully saturated rings. The first-order chi connectivity index (χ1) is 9.81. The second-order valence-corrected chi connectivity index (χ2v) is 7.21. The quantitative estimate of drug-likeness (QED) is 0.673. The Kier molecular flexibility index (Phi) is 7.46. The lowest BCUT2D eigenvalue weighted by molar-refractivity contribution is 0.0955. The Balaban J connectivity index is 2.25. The first kappa shape index (κ1) is 18.2. The van der Waals surface area contributed by atoms with Gasteiger partial charge in [-0.15, -0.1) is 0 Å². The van der Waals surface area contributed by atoms with Crippen molar-refractivity contribution >= 4 is 6.03 Å². The third-order valence-electron chi connectivity index (χ3n) is 4.14. The molecule has 3 N–H and O–H groups in total. The molecule has 21 heavy (non-hydrogen) atoms. The van der Waals surface area contributed by atoms with E-state index in [0.29, 0.717) is 25.4 Å². The van der Waals surface area contributed by atoms with Crippen LogP contribution in [0.4, 0.5) is 4.79 Å². The summed E-state index contributed by atoms with van der Waals surface area (Å²) in [6.45, 7) is 11.6. The highest BCUT2D eigenvalue weighted by Crippen LogP contribution is 2.19. The Bertz CT molecular complexity index is 313. The molecule has 0 aromatic carbocycles. The minimum Gasteiger partial charge on any atom is -0.391 e. The van der Waals surface area contributed by atoms with Gasteiger partial charge in [0.05, 0.1) is 6.10 Å². The van der Waals surface area contributed by atoms with Gasteiger partial charge in [-0.05, 0) is 52.1 Å². The first-order valence-corrected chi connectivity index (χ1v) is 8.26. The van der Waals surface area contributed by atoms with E-state index in [9.17, 15) is 9.90 Å². The maximum atomic E-state index is 11.8. The molecule has 0 spiro atoms. The summed E-state index contributed by atoms with van der Waals surface area (Å²) in [4.78, 5) is 14.3. The maximum Gasteiger partial charge on any atom is 0.314 e. The minimum atomic E-state index is -0.467. The highest BCUT2D eigenvalue weighted by Gasteiger charge is 2.28. The minimum absolute atomic E-state index is 0.0195. The van der Waals surface area contributed by atoms with E-state index in [1.807, 2.05) is 0 Å². The molecule has 1 saturated heterocycles. The number of likely N-dealkylation sites (tertiary alicyclic amines) is 1. The van der Waals surface area contributed by atoms with Crippen molar-refractivity contribution in [2.75, 3.05) is 26.2 Å². The van der Waals surface area contributed by atoms with Gasteiger partial charge in [-0.1, -0.05) is 20.3 Å². The Morgan fingerprint density at radius 1 is 1.19 bits per heavy atom. The van der Waals surface area contributed by atoms with Crippen molar-refractivity contribution in [1.82, 2.24) is 15.5 Å². The summed E-state index contributed by atoms with van der Waals surface area (Å²) in [6, 6.07) is -0.192. The standard InChI is InChI=1S/C16H33N3O2/c1-13(2)10-14(20)11-17-15(21)18-12-16(3,4)19-8-6-5-7-9-19/h13-14,20H,5-12H2,1-4H3,(H2,17,18,21). The van der Waals surface area contributed by atoms with Crippen molar-refractivity contribution in [3.63, 3.8) is 0 Å². The predicted molar refractivity (Wildman–Crippen MR) is 86.4 cm³/mol. The summed E-state index contributed by atoms with van der Waals surface area (Å²) in [5, 5.41) is 15.4. The van der Waals surface area contributed by atoms with Gasteiger partial charge >= 0.3 is 6.03 Å². The fourth-order valence-electron chi connectivity index (χ4n) is 2.81. The number of carbonyl (C=O) groups excluding carboxylic acids is 1. The zero-order valence-corrected chi connectivity index (χ0v) is 14.1. The second kappa shape index (κ2) is 8.59. The molecular weight excluding hydrogens is 266 g/mol. The van der Waals surface area contributed by atoms with E-state index in [1.165, 1.54) is 19.3 Å². The molecule has 1 atom stereocenters. The van der Waals surface area contributed by atoms with Crippen LogP contribution in [-0.2, 0) is 0 Å². The predicted octanol–water partition coefficient (Wildman–Crippen LogP) is 1.96. The van der Waals surface area contributed by atoms with Crippen molar-refractivity contribution in [3.8, 4) is 0 Å². The van der Waals surface area contributed by atoms with Gasteiger partial charge in [-0.2, -0.15) is 0 Å². The van der Waals surface area contributed by atoms with Crippen molar-refractivity contribution in [3.05, 3.63) is 0 Å². The van der Waals surface area contributed by atoms with Gasteiger partial charge in [0.25, 0.3) is 0 Å². The number of hydrogen-bond donors (Lipinski definition) is 3. The van der Waals surface area contributed by atoms with Gasteiger partial charge in [0.15, 0.2) is 0 Å². The highest BCUT2D eigenvalue weighted by atomic mass is 16.3. The molecule has 0 aliphatic carbocycles. The summed E-state index contributed by atoms with van der Waals surface area (Å²) in [5.41, 5.74) is -0.0195. The van der Waals surface area contributed by atoms with Crippen molar-refractivity contribution in [1.29, 1.82) is 0 Å². The van der Waals surface area contributed by atoms with E-state index in [-0.39, 0.29) is 11.6 Å². The lowest BCUT2D eigenvalue weighted by atomic mass is 9.98. The van der Waals surface area contributed by atoms with Crippen LogP contribution in [0.15, 0.2) is 0 Å². The van der Waals surface area contributed by atoms with Crippen molar-refractivity contribution in [2.45, 2.75) is 65.0 Å². The van der Waals surface area contributed by atoms with Crippen LogP contribution in [0.25, 0.3) is 0 Å². The smallest absolute Gasteiger partial charge is 0.314 e. The summed E-state index contributed by atoms with van der Waals surface area (Å²) in [6.07, 6.45) is 4.05. The SMILES string of the molecule is CC(C)CC(O)CNC(=O)NCC(C)(C)N1CCCCC1. The average Bonchev–Trinajstić information content (AvgIpc) is 2.43. The van der Waals surface area contributed by atoms with E-state index in [4.69, 9.17) is 0 Å². The molecule has 1 rings (SSSR count). The topological polar surface area (TPSA) is 64.6 Å². The lowest BCUT2D eigenvalue weighted by Crippen LogP contribution is -2.54. The number of amides is 2. The monoisotopic (exact) mass is 299 g/mol. The molecule has 1 unspecified atom stereocenters. The summed E-state index contributed by atoms with van der Waals surface area (Å²) >= 11 is 0. The maximum absolute atomic E-state index is 11.8. The van der Waals surface area contributed by atoms with E-state index in [1.54, 1.807) is 0 Å². The highest BCUT2D eigenvalue weighted by molar-refractivity contribution is 5.73. The van der Waals surface area contributed by atoms with Gasteiger partial charge in [0, 0.05) is 18.6 Å². The number of nitrogens with one attached hydrogen (secondary N) is 2. The molecule has 0 aromatic rings. The van der Waals surface area contributed by atoms with E-state index in [0.717, 1.165) is 13.1 Å². The zero-order valence-electron chi connectivity index (χ0n) is 14.1. The molecule has 0 aromatic heterocycles. The Morgan fingerprint density at radius 3 is 2.38 bits per heavy atom. The number of rotatable bonds is 7. The van der Waals surface area contributed by atoms with Gasteiger partial charge in [0.1, 0.15) is 0 Å². The summed E-state index contributed by atoms with van der Waals surface area (Å²) in [7, 11) is 0. The molecule has 5 nitrogen and oxygen atoms in total. The van der Waals surface area contributed by atoms with Crippen LogP contribution in [0.3, 0.4) is 0 Å². The van der Waals surface area contributed by atoms with Crippen LogP contribution in [0.2, 0.25) is 0 Å². The number of hydrogen-bond acceptors (Lipinski definition) is 3. The van der Waals surface area contributed by atoms with Crippen molar-refractivity contribution in [2.24, 2.45) is 5.92 Å². The Hall–Kier alpha value is -0.810. The van der Waals surface area contributed by atoms with E-state index >= 15 is 0 Å². The number of carbonyl (C=O) groups is 1. The first-order valence-electron chi connectivity index (χ1n) is 8.26. The van der Waals surface area contributed by atoms with Crippen LogP contribution in [0.1, 0.15) is 53.4 Å². The third-order valence-corrected chi connectivity index (χ3v) is 4.14. The number of aliphatic hydroxyl groups excluding tert-OH is 1. The van der Waals surface area contributed by atoms with Crippen molar-refractivity contribution < 1.29 is 9.90 Å². The fraction of sp³-hybridized carbons (Fsp3) is 0.938. The summed E-state index contributed by atoms with van der Waals surface area (Å²) in [5.74, 6) is 0.433. The van der Waals surface area contributed by atoms with Gasteiger partial charge in [0.2, 0.25) is 0 Å². The molecule has 2 amide bonds. The number of piperidine rings is 1. The third kappa shape index (κ3) is 7.14. The molecule has 1 aliphatic rings. The van der Waals surface area contributed by atoms with E-state index < -0.39 is 6.10 Å². The normalized spacial score (nSPS) is 18.6. The van der Waals surface area contributed by atoms with Crippen LogP contribution in [0.5, 0.6) is 0 Å². The molecule has 1 aliphatic heterocycles. The number of nitrogens with zero attached hydrogens (tertiary/aromatic N) is 1.